The Bertz CT molecular complexity index is 479. The van der Waals surface area contributed by atoms with Crippen LogP contribution in [0.4, 0.5) is 17.6 Å². The van der Waals surface area contributed by atoms with E-state index in [1.165, 1.54) is 33.1 Å². The van der Waals surface area contributed by atoms with E-state index >= 15 is 0 Å². The van der Waals surface area contributed by atoms with Gasteiger partial charge in [-0.2, -0.15) is 13.2 Å². The molecule has 0 saturated heterocycles. The van der Waals surface area contributed by atoms with E-state index < -0.39 is 29.4 Å². The Labute approximate surface area is 115 Å². The lowest BCUT2D eigenvalue weighted by molar-refractivity contribution is -0.259. The summed E-state index contributed by atoms with van der Waals surface area (Å²) < 4.78 is 56.8. The van der Waals surface area contributed by atoms with Gasteiger partial charge in [-0.3, -0.25) is 0 Å². The molecule has 0 saturated carbocycles. The molecule has 1 aromatic carbocycles. The summed E-state index contributed by atoms with van der Waals surface area (Å²) in [6, 6.07) is 3.65. The van der Waals surface area contributed by atoms with Crippen LogP contribution in [0.15, 0.2) is 18.2 Å². The number of ether oxygens (including phenoxy) is 1. The van der Waals surface area contributed by atoms with Crippen molar-refractivity contribution in [1.82, 2.24) is 0 Å². The number of alkyl halides is 3. The van der Waals surface area contributed by atoms with E-state index in [9.17, 15) is 22.7 Å². The summed E-state index contributed by atoms with van der Waals surface area (Å²) in [5, 5.41) is 9.62. The van der Waals surface area contributed by atoms with Crippen molar-refractivity contribution in [2.75, 3.05) is 7.11 Å². The van der Waals surface area contributed by atoms with E-state index in [0.717, 1.165) is 6.07 Å². The highest BCUT2D eigenvalue weighted by Gasteiger charge is 2.52. The Hall–Kier alpha value is -1.30. The molecule has 0 aliphatic carbocycles. The first-order chi connectivity index (χ1) is 8.90. The van der Waals surface area contributed by atoms with Crippen molar-refractivity contribution in [3.05, 3.63) is 29.6 Å². The number of hydrogen-bond donors (Lipinski definition) is 1. The molecule has 0 aliphatic heterocycles. The van der Waals surface area contributed by atoms with Gasteiger partial charge in [-0.1, -0.05) is 13.8 Å². The fourth-order valence-electron chi connectivity index (χ4n) is 2.27. The van der Waals surface area contributed by atoms with Gasteiger partial charge in [0, 0.05) is 5.56 Å². The van der Waals surface area contributed by atoms with Crippen LogP contribution >= 0.6 is 0 Å². The van der Waals surface area contributed by atoms with Gasteiger partial charge in [0.25, 0.3) is 0 Å². The van der Waals surface area contributed by atoms with Crippen molar-refractivity contribution in [2.24, 2.45) is 0 Å². The van der Waals surface area contributed by atoms with Crippen molar-refractivity contribution < 1.29 is 27.4 Å². The van der Waals surface area contributed by atoms with Gasteiger partial charge in [-0.05, 0) is 37.0 Å². The number of halogens is 4. The molecule has 0 amide bonds. The molecule has 6 heteroatoms. The second-order valence-electron chi connectivity index (χ2n) is 5.68. The Morgan fingerprint density at radius 1 is 1.15 bits per heavy atom. The minimum atomic E-state index is -4.76. The minimum Gasteiger partial charge on any atom is -0.496 e. The van der Waals surface area contributed by atoms with Gasteiger partial charge < -0.3 is 9.84 Å². The zero-order valence-corrected chi connectivity index (χ0v) is 11.8. The number of rotatable bonds is 4. The molecule has 1 N–H and O–H groups in total. The first-order valence-electron chi connectivity index (χ1n) is 6.04. The molecule has 1 rings (SSSR count). The van der Waals surface area contributed by atoms with Crippen LogP contribution < -0.4 is 4.74 Å². The molecule has 20 heavy (non-hydrogen) atoms. The molecule has 0 heterocycles. The van der Waals surface area contributed by atoms with Crippen LogP contribution in [0, 0.1) is 5.82 Å². The zero-order valence-electron chi connectivity index (χ0n) is 11.8. The molecule has 0 fully saturated rings. The van der Waals surface area contributed by atoms with E-state index in [4.69, 9.17) is 4.74 Å². The second-order valence-corrected chi connectivity index (χ2v) is 5.68. The highest BCUT2D eigenvalue weighted by Crippen LogP contribution is 2.43. The fraction of sp³-hybridized carbons (Fsp3) is 0.571. The minimum absolute atomic E-state index is 0.282. The van der Waals surface area contributed by atoms with E-state index in [2.05, 4.69) is 0 Å². The van der Waals surface area contributed by atoms with Crippen LogP contribution in [0.5, 0.6) is 5.75 Å². The van der Waals surface area contributed by atoms with Crippen LogP contribution in [-0.4, -0.2) is 24.0 Å². The van der Waals surface area contributed by atoms with Crippen LogP contribution in [0.2, 0.25) is 0 Å². The maximum Gasteiger partial charge on any atom is 0.416 e. The molecule has 114 valence electrons. The third-order valence-corrected chi connectivity index (χ3v) is 3.29. The molecular weight excluding hydrogens is 276 g/mol. The predicted octanol–water partition coefficient (Wildman–Crippen LogP) is 3.82. The van der Waals surface area contributed by atoms with Crippen LogP contribution in [-0.2, 0) is 5.41 Å². The van der Waals surface area contributed by atoms with Crippen molar-refractivity contribution in [3.8, 4) is 5.75 Å². The van der Waals surface area contributed by atoms with Gasteiger partial charge in [0.1, 0.15) is 11.6 Å². The van der Waals surface area contributed by atoms with Crippen LogP contribution in [0.3, 0.4) is 0 Å². The lowest BCUT2D eigenvalue weighted by atomic mass is 9.75. The average molecular weight is 294 g/mol. The van der Waals surface area contributed by atoms with E-state index in [0.29, 0.717) is 6.92 Å². The Morgan fingerprint density at radius 3 is 2.15 bits per heavy atom. The summed E-state index contributed by atoms with van der Waals surface area (Å²) in [7, 11) is 1.36. The van der Waals surface area contributed by atoms with E-state index in [1.54, 1.807) is 0 Å². The monoisotopic (exact) mass is 294 g/mol. The first kappa shape index (κ1) is 16.8. The molecule has 0 aliphatic rings. The van der Waals surface area contributed by atoms with Crippen LogP contribution in [0.1, 0.15) is 32.8 Å². The lowest BCUT2D eigenvalue weighted by Crippen LogP contribution is -2.46. The van der Waals surface area contributed by atoms with Gasteiger partial charge in [0.05, 0.1) is 7.11 Å². The summed E-state index contributed by atoms with van der Waals surface area (Å²) in [4.78, 5) is 0. The SMILES string of the molecule is COc1ccc(F)cc1C(C)(C)CC(C)(O)C(F)(F)F. The number of hydrogen-bond acceptors (Lipinski definition) is 2. The third-order valence-electron chi connectivity index (χ3n) is 3.29. The zero-order chi connectivity index (χ0) is 15.8. The van der Waals surface area contributed by atoms with Gasteiger partial charge in [-0.15, -0.1) is 0 Å². The average Bonchev–Trinajstić information content (AvgIpc) is 2.26. The standard InChI is InChI=1S/C14H18F4O2/c1-12(2,8-13(3,19)14(16,17)18)10-7-9(15)5-6-11(10)20-4/h5-7,19H,8H2,1-4H3. The molecule has 0 spiro atoms. The number of methoxy groups -OCH3 is 1. The molecule has 0 bridgehead atoms. The second kappa shape index (κ2) is 5.24. The summed E-state index contributed by atoms with van der Waals surface area (Å²) in [6.07, 6.45) is -5.37. The Balaban J connectivity index is 3.20. The summed E-state index contributed by atoms with van der Waals surface area (Å²) in [5.74, 6) is -0.282. The van der Waals surface area contributed by atoms with E-state index in [-0.39, 0.29) is 11.3 Å². The molecule has 1 unspecified atom stereocenters. The molecule has 1 atom stereocenters. The largest absolute Gasteiger partial charge is 0.496 e. The Morgan fingerprint density at radius 2 is 1.70 bits per heavy atom. The van der Waals surface area contributed by atoms with Gasteiger partial charge in [0.15, 0.2) is 5.60 Å². The van der Waals surface area contributed by atoms with Crippen molar-refractivity contribution in [2.45, 2.75) is 44.4 Å². The summed E-state index contributed by atoms with van der Waals surface area (Å²) in [6.45, 7) is 3.72. The lowest BCUT2D eigenvalue weighted by Gasteiger charge is -2.36. The maximum absolute atomic E-state index is 13.3. The predicted molar refractivity (Wildman–Crippen MR) is 67.3 cm³/mol. The topological polar surface area (TPSA) is 29.5 Å². The molecule has 1 aromatic rings. The maximum atomic E-state index is 13.3. The summed E-state index contributed by atoms with van der Waals surface area (Å²) in [5.41, 5.74) is -3.70. The Kier molecular flexibility index (Phi) is 4.39. The number of aliphatic hydroxyl groups is 1. The summed E-state index contributed by atoms with van der Waals surface area (Å²) >= 11 is 0. The third kappa shape index (κ3) is 3.42. The van der Waals surface area contributed by atoms with Gasteiger partial charge in [-0.25, -0.2) is 4.39 Å². The molecule has 0 aromatic heterocycles. The number of benzene rings is 1. The first-order valence-corrected chi connectivity index (χ1v) is 6.04. The molecule has 2 nitrogen and oxygen atoms in total. The molecular formula is C14H18F4O2. The fourth-order valence-corrected chi connectivity index (χ4v) is 2.27. The van der Waals surface area contributed by atoms with Crippen LogP contribution in [0.25, 0.3) is 0 Å². The van der Waals surface area contributed by atoms with E-state index in [1.807, 2.05) is 0 Å². The van der Waals surface area contributed by atoms with Crippen molar-refractivity contribution >= 4 is 0 Å². The normalized spacial score (nSPS) is 15.8. The van der Waals surface area contributed by atoms with Crippen molar-refractivity contribution in [1.29, 1.82) is 0 Å². The highest BCUT2D eigenvalue weighted by molar-refractivity contribution is 5.39. The van der Waals surface area contributed by atoms with Gasteiger partial charge in [0.2, 0.25) is 0 Å². The smallest absolute Gasteiger partial charge is 0.416 e. The van der Waals surface area contributed by atoms with Crippen molar-refractivity contribution in [3.63, 3.8) is 0 Å². The van der Waals surface area contributed by atoms with Gasteiger partial charge >= 0.3 is 6.18 Å². The highest BCUT2D eigenvalue weighted by atomic mass is 19.4. The quantitative estimate of drug-likeness (QED) is 0.856. The molecule has 0 radical (unpaired) electrons.